The quantitative estimate of drug-likeness (QED) is 0.851. The molecule has 1 unspecified atom stereocenters. The molecular weight excluding hydrogens is 266 g/mol. The lowest BCUT2D eigenvalue weighted by Gasteiger charge is -2.20. The van der Waals surface area contributed by atoms with E-state index in [0.717, 1.165) is 29.3 Å². The summed E-state index contributed by atoms with van der Waals surface area (Å²) in [6.07, 6.45) is 1.76. The van der Waals surface area contributed by atoms with Crippen molar-refractivity contribution >= 4 is 0 Å². The summed E-state index contributed by atoms with van der Waals surface area (Å²) in [7, 11) is 3.61. The predicted octanol–water partition coefficient (Wildman–Crippen LogP) is 2.62. The first-order valence-corrected chi connectivity index (χ1v) is 7.24. The van der Waals surface area contributed by atoms with Crippen molar-refractivity contribution in [1.29, 1.82) is 0 Å². The summed E-state index contributed by atoms with van der Waals surface area (Å²) < 4.78 is 13.0. The number of aryl methyl sites for hydroxylation is 1. The first kappa shape index (κ1) is 15.4. The van der Waals surface area contributed by atoms with Crippen LogP contribution in [-0.4, -0.2) is 30.5 Å². The first-order chi connectivity index (χ1) is 10.2. The third-order valence-electron chi connectivity index (χ3n) is 3.43. The van der Waals surface area contributed by atoms with E-state index in [1.807, 2.05) is 30.8 Å². The van der Waals surface area contributed by atoms with Gasteiger partial charge in [0.25, 0.3) is 0 Å². The lowest BCUT2D eigenvalue weighted by Crippen LogP contribution is -2.22. The average molecular weight is 289 g/mol. The number of nitrogens with zero attached hydrogens (tertiary/aromatic N) is 2. The van der Waals surface area contributed by atoms with E-state index in [1.54, 1.807) is 13.3 Å². The Morgan fingerprint density at radius 3 is 2.76 bits per heavy atom. The van der Waals surface area contributed by atoms with Crippen molar-refractivity contribution in [3.8, 4) is 11.5 Å². The molecular formula is C16H23N3O2. The molecule has 2 rings (SSSR count). The normalized spacial score (nSPS) is 12.2. The second-order valence-corrected chi connectivity index (χ2v) is 4.64. The number of hydrogen-bond donors (Lipinski definition) is 1. The van der Waals surface area contributed by atoms with Crippen LogP contribution in [0.2, 0.25) is 0 Å². The van der Waals surface area contributed by atoms with Crippen LogP contribution in [0.15, 0.2) is 30.5 Å². The van der Waals surface area contributed by atoms with Gasteiger partial charge in [0.1, 0.15) is 11.4 Å². The van der Waals surface area contributed by atoms with Crippen LogP contribution in [0, 0.1) is 0 Å². The van der Waals surface area contributed by atoms with Gasteiger partial charge in [0.2, 0.25) is 0 Å². The topological polar surface area (TPSA) is 48.3 Å². The molecule has 1 heterocycles. The fourth-order valence-corrected chi connectivity index (χ4v) is 2.49. The number of rotatable bonds is 7. The van der Waals surface area contributed by atoms with E-state index >= 15 is 0 Å². The zero-order valence-electron chi connectivity index (χ0n) is 13.1. The van der Waals surface area contributed by atoms with Gasteiger partial charge in [-0.15, -0.1) is 0 Å². The van der Waals surface area contributed by atoms with E-state index in [1.165, 1.54) is 0 Å². The molecule has 0 aliphatic rings. The highest BCUT2D eigenvalue weighted by molar-refractivity contribution is 5.39. The van der Waals surface area contributed by atoms with E-state index < -0.39 is 0 Å². The predicted molar refractivity (Wildman–Crippen MR) is 83.0 cm³/mol. The molecule has 0 spiro atoms. The Morgan fingerprint density at radius 2 is 2.14 bits per heavy atom. The van der Waals surface area contributed by atoms with Crippen molar-refractivity contribution in [2.24, 2.45) is 0 Å². The number of nitrogens with one attached hydrogen (secondary N) is 1. The highest BCUT2D eigenvalue weighted by Gasteiger charge is 2.22. The van der Waals surface area contributed by atoms with Crippen LogP contribution in [-0.2, 0) is 6.54 Å². The molecule has 2 aromatic rings. The summed E-state index contributed by atoms with van der Waals surface area (Å²) in [6, 6.07) is 8.10. The van der Waals surface area contributed by atoms with Gasteiger partial charge in [-0.3, -0.25) is 4.68 Å². The molecule has 0 saturated carbocycles. The van der Waals surface area contributed by atoms with E-state index in [4.69, 9.17) is 9.47 Å². The van der Waals surface area contributed by atoms with Crippen LogP contribution in [0.3, 0.4) is 0 Å². The first-order valence-electron chi connectivity index (χ1n) is 7.24. The molecule has 5 nitrogen and oxygen atoms in total. The van der Waals surface area contributed by atoms with Crippen LogP contribution < -0.4 is 14.8 Å². The summed E-state index contributed by atoms with van der Waals surface area (Å²) in [6.45, 7) is 5.50. The molecule has 5 heteroatoms. The van der Waals surface area contributed by atoms with Crippen LogP contribution in [0.5, 0.6) is 11.5 Å². The number of benzene rings is 1. The van der Waals surface area contributed by atoms with E-state index in [2.05, 4.69) is 29.5 Å². The third kappa shape index (κ3) is 3.19. The molecule has 1 atom stereocenters. The maximum absolute atomic E-state index is 5.59. The monoisotopic (exact) mass is 289 g/mol. The largest absolute Gasteiger partial charge is 0.494 e. The summed E-state index contributed by atoms with van der Waals surface area (Å²) >= 11 is 0. The smallest absolute Gasteiger partial charge is 0.161 e. The van der Waals surface area contributed by atoms with Gasteiger partial charge in [-0.2, -0.15) is 5.10 Å². The van der Waals surface area contributed by atoms with Crippen molar-refractivity contribution in [3.05, 3.63) is 41.7 Å². The van der Waals surface area contributed by atoms with Crippen LogP contribution >= 0.6 is 0 Å². The SMILES string of the molecule is CCOc1cccc(C(NC)c2c(OC)cnn2CC)c1. The second kappa shape index (κ2) is 7.13. The molecule has 0 saturated heterocycles. The molecule has 0 fully saturated rings. The van der Waals surface area contributed by atoms with Crippen molar-refractivity contribution in [1.82, 2.24) is 15.1 Å². The average Bonchev–Trinajstić information content (AvgIpc) is 2.92. The van der Waals surface area contributed by atoms with Gasteiger partial charge < -0.3 is 14.8 Å². The van der Waals surface area contributed by atoms with Gasteiger partial charge in [0.15, 0.2) is 5.75 Å². The molecule has 114 valence electrons. The van der Waals surface area contributed by atoms with Crippen molar-refractivity contribution in [3.63, 3.8) is 0 Å². The number of aromatic nitrogens is 2. The Hall–Kier alpha value is -2.01. The molecule has 1 N–H and O–H groups in total. The van der Waals surface area contributed by atoms with E-state index in [-0.39, 0.29) is 6.04 Å². The van der Waals surface area contributed by atoms with Crippen molar-refractivity contribution in [2.45, 2.75) is 26.4 Å². The minimum Gasteiger partial charge on any atom is -0.494 e. The molecule has 1 aromatic heterocycles. The molecule has 21 heavy (non-hydrogen) atoms. The Balaban J connectivity index is 2.44. The van der Waals surface area contributed by atoms with E-state index in [0.29, 0.717) is 6.61 Å². The van der Waals surface area contributed by atoms with Gasteiger partial charge in [0, 0.05) is 6.54 Å². The third-order valence-corrected chi connectivity index (χ3v) is 3.43. The maximum atomic E-state index is 5.59. The lowest BCUT2D eigenvalue weighted by molar-refractivity contribution is 0.339. The van der Waals surface area contributed by atoms with Gasteiger partial charge >= 0.3 is 0 Å². The molecule has 0 radical (unpaired) electrons. The summed E-state index contributed by atoms with van der Waals surface area (Å²) in [5.41, 5.74) is 2.15. The van der Waals surface area contributed by atoms with Gasteiger partial charge in [-0.05, 0) is 38.6 Å². The molecule has 0 amide bonds. The summed E-state index contributed by atoms with van der Waals surface area (Å²) in [4.78, 5) is 0. The van der Waals surface area contributed by atoms with Crippen LogP contribution in [0.1, 0.15) is 31.1 Å². The minimum absolute atomic E-state index is 0.00260. The minimum atomic E-state index is 0.00260. The zero-order valence-corrected chi connectivity index (χ0v) is 13.1. The molecule has 0 aliphatic carbocycles. The zero-order chi connectivity index (χ0) is 15.2. The van der Waals surface area contributed by atoms with Gasteiger partial charge in [0.05, 0.1) is 26.0 Å². The van der Waals surface area contributed by atoms with Crippen molar-refractivity contribution < 1.29 is 9.47 Å². The number of hydrogen-bond acceptors (Lipinski definition) is 4. The second-order valence-electron chi connectivity index (χ2n) is 4.64. The molecule has 0 aliphatic heterocycles. The summed E-state index contributed by atoms with van der Waals surface area (Å²) in [5.74, 6) is 1.66. The number of methoxy groups -OCH3 is 1. The van der Waals surface area contributed by atoms with E-state index in [9.17, 15) is 0 Å². The Labute approximate surface area is 125 Å². The molecule has 0 bridgehead atoms. The standard InChI is InChI=1S/C16H23N3O2/c1-5-19-16(14(20-4)11-18-19)15(17-3)12-8-7-9-13(10-12)21-6-2/h7-11,15,17H,5-6H2,1-4H3. The lowest BCUT2D eigenvalue weighted by atomic mass is 10.0. The Kier molecular flexibility index (Phi) is 5.22. The molecule has 1 aromatic carbocycles. The van der Waals surface area contributed by atoms with Crippen molar-refractivity contribution in [2.75, 3.05) is 20.8 Å². The fraction of sp³-hybridized carbons (Fsp3) is 0.438. The highest BCUT2D eigenvalue weighted by Crippen LogP contribution is 2.31. The fourth-order valence-electron chi connectivity index (χ4n) is 2.49. The van der Waals surface area contributed by atoms with Gasteiger partial charge in [-0.1, -0.05) is 12.1 Å². The van der Waals surface area contributed by atoms with Crippen LogP contribution in [0.4, 0.5) is 0 Å². The Morgan fingerprint density at radius 1 is 1.33 bits per heavy atom. The Bertz CT molecular complexity index is 559. The van der Waals surface area contributed by atoms with Gasteiger partial charge in [-0.25, -0.2) is 0 Å². The number of ether oxygens (including phenoxy) is 2. The highest BCUT2D eigenvalue weighted by atomic mass is 16.5. The van der Waals surface area contributed by atoms with Crippen LogP contribution in [0.25, 0.3) is 0 Å². The maximum Gasteiger partial charge on any atom is 0.161 e. The summed E-state index contributed by atoms with van der Waals surface area (Å²) in [5, 5.41) is 7.72.